The standard InChI is InChI=1S/C22H23F2N3O2/c1-3-20-19(13-25-27(20)14-16-7-5-4-6-8-16)21(28)26-15(2)17-9-11-18(12-10-17)29-22(23)24/h4-13,15,22H,3,14H2,1-2H3,(H,26,28). The summed E-state index contributed by atoms with van der Waals surface area (Å²) in [6.07, 6.45) is 2.26. The summed E-state index contributed by atoms with van der Waals surface area (Å²) in [6, 6.07) is 15.9. The average Bonchev–Trinajstić information content (AvgIpc) is 3.11. The summed E-state index contributed by atoms with van der Waals surface area (Å²) in [7, 11) is 0. The lowest BCUT2D eigenvalue weighted by Crippen LogP contribution is -2.27. The van der Waals surface area contributed by atoms with E-state index in [9.17, 15) is 13.6 Å². The maximum absolute atomic E-state index is 12.8. The molecule has 29 heavy (non-hydrogen) atoms. The van der Waals surface area contributed by atoms with Crippen molar-refractivity contribution in [2.45, 2.75) is 39.5 Å². The number of ether oxygens (including phenoxy) is 1. The van der Waals surface area contributed by atoms with Gasteiger partial charge in [-0.3, -0.25) is 9.48 Å². The van der Waals surface area contributed by atoms with E-state index in [4.69, 9.17) is 0 Å². The van der Waals surface area contributed by atoms with Crippen LogP contribution in [-0.2, 0) is 13.0 Å². The van der Waals surface area contributed by atoms with E-state index in [1.807, 2.05) is 48.9 Å². The number of alkyl halides is 2. The molecule has 0 bridgehead atoms. The Bertz CT molecular complexity index is 940. The smallest absolute Gasteiger partial charge is 0.387 e. The minimum Gasteiger partial charge on any atom is -0.435 e. The molecule has 7 heteroatoms. The molecular formula is C22H23F2N3O2. The molecule has 152 valence electrons. The molecule has 0 fully saturated rings. The lowest BCUT2D eigenvalue weighted by Gasteiger charge is -2.15. The van der Waals surface area contributed by atoms with Crippen molar-refractivity contribution in [3.63, 3.8) is 0 Å². The molecule has 1 heterocycles. The van der Waals surface area contributed by atoms with Gasteiger partial charge >= 0.3 is 6.61 Å². The molecule has 1 aromatic heterocycles. The monoisotopic (exact) mass is 399 g/mol. The van der Waals surface area contributed by atoms with Crippen LogP contribution in [0.1, 0.15) is 47.1 Å². The van der Waals surface area contributed by atoms with Crippen molar-refractivity contribution in [2.75, 3.05) is 0 Å². The number of nitrogens with one attached hydrogen (secondary N) is 1. The zero-order valence-corrected chi connectivity index (χ0v) is 16.3. The fraction of sp³-hybridized carbons (Fsp3) is 0.273. The van der Waals surface area contributed by atoms with E-state index in [0.717, 1.165) is 16.8 Å². The van der Waals surface area contributed by atoms with Gasteiger partial charge in [-0.2, -0.15) is 13.9 Å². The molecule has 0 aliphatic rings. The predicted molar refractivity (Wildman–Crippen MR) is 106 cm³/mol. The van der Waals surface area contributed by atoms with Crippen LogP contribution < -0.4 is 10.1 Å². The molecule has 0 radical (unpaired) electrons. The third kappa shape index (κ3) is 5.19. The molecule has 2 aromatic carbocycles. The summed E-state index contributed by atoms with van der Waals surface area (Å²) in [5.74, 6) is -0.140. The van der Waals surface area contributed by atoms with Crippen LogP contribution in [-0.4, -0.2) is 22.3 Å². The Morgan fingerprint density at radius 2 is 1.83 bits per heavy atom. The van der Waals surface area contributed by atoms with Crippen LogP contribution in [0.5, 0.6) is 5.75 Å². The van der Waals surface area contributed by atoms with Gasteiger partial charge in [0.2, 0.25) is 0 Å². The number of hydrogen-bond acceptors (Lipinski definition) is 3. The van der Waals surface area contributed by atoms with Crippen molar-refractivity contribution in [3.05, 3.63) is 83.2 Å². The molecule has 1 N–H and O–H groups in total. The maximum Gasteiger partial charge on any atom is 0.387 e. The fourth-order valence-corrected chi connectivity index (χ4v) is 3.16. The van der Waals surface area contributed by atoms with E-state index >= 15 is 0 Å². The van der Waals surface area contributed by atoms with Crippen molar-refractivity contribution in [3.8, 4) is 5.75 Å². The van der Waals surface area contributed by atoms with Gasteiger partial charge in [0.15, 0.2) is 0 Å². The van der Waals surface area contributed by atoms with Gasteiger partial charge in [-0.15, -0.1) is 0 Å². The zero-order valence-electron chi connectivity index (χ0n) is 16.3. The minimum absolute atomic E-state index is 0.0812. The summed E-state index contributed by atoms with van der Waals surface area (Å²) in [5, 5.41) is 7.33. The van der Waals surface area contributed by atoms with Crippen molar-refractivity contribution in [2.24, 2.45) is 0 Å². The summed E-state index contributed by atoms with van der Waals surface area (Å²) >= 11 is 0. The molecule has 0 spiro atoms. The van der Waals surface area contributed by atoms with E-state index in [2.05, 4.69) is 15.2 Å². The number of amides is 1. The molecule has 1 amide bonds. The van der Waals surface area contributed by atoms with Gasteiger partial charge in [0.1, 0.15) is 5.75 Å². The van der Waals surface area contributed by atoms with Crippen LogP contribution in [0, 0.1) is 0 Å². The highest BCUT2D eigenvalue weighted by molar-refractivity contribution is 5.95. The molecular weight excluding hydrogens is 376 g/mol. The van der Waals surface area contributed by atoms with Crippen LogP contribution in [0.15, 0.2) is 60.8 Å². The van der Waals surface area contributed by atoms with Crippen LogP contribution in [0.25, 0.3) is 0 Å². The van der Waals surface area contributed by atoms with E-state index in [1.54, 1.807) is 18.3 Å². The Kier molecular flexibility index (Phi) is 6.59. The van der Waals surface area contributed by atoms with E-state index in [-0.39, 0.29) is 17.7 Å². The van der Waals surface area contributed by atoms with Crippen LogP contribution in [0.2, 0.25) is 0 Å². The molecule has 0 saturated heterocycles. The number of halogens is 2. The zero-order chi connectivity index (χ0) is 20.8. The third-order valence-corrected chi connectivity index (χ3v) is 4.66. The lowest BCUT2D eigenvalue weighted by atomic mass is 10.1. The predicted octanol–water partition coefficient (Wildman–Crippen LogP) is 4.59. The highest BCUT2D eigenvalue weighted by atomic mass is 19.3. The number of benzene rings is 2. The Morgan fingerprint density at radius 1 is 1.14 bits per heavy atom. The molecule has 1 unspecified atom stereocenters. The summed E-state index contributed by atoms with van der Waals surface area (Å²) < 4.78 is 30.7. The number of rotatable bonds is 8. The molecule has 0 aliphatic carbocycles. The minimum atomic E-state index is -2.86. The second-order valence-electron chi connectivity index (χ2n) is 6.64. The van der Waals surface area contributed by atoms with Crippen LogP contribution in [0.4, 0.5) is 8.78 Å². The van der Waals surface area contributed by atoms with Crippen molar-refractivity contribution >= 4 is 5.91 Å². The number of nitrogens with zero attached hydrogens (tertiary/aromatic N) is 2. The van der Waals surface area contributed by atoms with Gasteiger partial charge in [0.25, 0.3) is 5.91 Å². The number of carbonyl (C=O) groups excluding carboxylic acids is 1. The SMILES string of the molecule is CCc1c(C(=O)NC(C)c2ccc(OC(F)F)cc2)cnn1Cc1ccccc1. The Labute approximate surface area is 168 Å². The average molecular weight is 399 g/mol. The topological polar surface area (TPSA) is 56.1 Å². The lowest BCUT2D eigenvalue weighted by molar-refractivity contribution is -0.0498. The third-order valence-electron chi connectivity index (χ3n) is 4.66. The quantitative estimate of drug-likeness (QED) is 0.603. The first-order valence-electron chi connectivity index (χ1n) is 9.42. The molecule has 0 aliphatic heterocycles. The van der Waals surface area contributed by atoms with Gasteiger partial charge in [-0.25, -0.2) is 0 Å². The van der Waals surface area contributed by atoms with Crippen molar-refractivity contribution < 1.29 is 18.3 Å². The second-order valence-corrected chi connectivity index (χ2v) is 6.64. The number of carbonyl (C=O) groups is 1. The first-order chi connectivity index (χ1) is 14.0. The van der Waals surface area contributed by atoms with Crippen LogP contribution in [0.3, 0.4) is 0 Å². The first kappa shape index (κ1) is 20.5. The summed E-state index contributed by atoms with van der Waals surface area (Å²) in [5.41, 5.74) is 3.29. The number of hydrogen-bond donors (Lipinski definition) is 1. The van der Waals surface area contributed by atoms with Gasteiger partial charge in [-0.1, -0.05) is 49.4 Å². The Balaban J connectivity index is 1.70. The van der Waals surface area contributed by atoms with Crippen molar-refractivity contribution in [1.82, 2.24) is 15.1 Å². The second kappa shape index (κ2) is 9.32. The Morgan fingerprint density at radius 3 is 2.45 bits per heavy atom. The van der Waals surface area contributed by atoms with E-state index in [0.29, 0.717) is 18.5 Å². The highest BCUT2D eigenvalue weighted by Crippen LogP contribution is 2.20. The van der Waals surface area contributed by atoms with Crippen molar-refractivity contribution in [1.29, 1.82) is 0 Å². The maximum atomic E-state index is 12.8. The fourth-order valence-electron chi connectivity index (χ4n) is 3.16. The van der Waals surface area contributed by atoms with Gasteiger partial charge < -0.3 is 10.1 Å². The number of aromatic nitrogens is 2. The van der Waals surface area contributed by atoms with E-state index < -0.39 is 6.61 Å². The molecule has 1 atom stereocenters. The first-order valence-corrected chi connectivity index (χ1v) is 9.42. The van der Waals surface area contributed by atoms with Gasteiger partial charge in [0.05, 0.1) is 30.0 Å². The van der Waals surface area contributed by atoms with Gasteiger partial charge in [-0.05, 0) is 36.6 Å². The van der Waals surface area contributed by atoms with Gasteiger partial charge in [0, 0.05) is 0 Å². The Hall–Kier alpha value is -3.22. The molecule has 0 saturated carbocycles. The molecule has 3 aromatic rings. The highest BCUT2D eigenvalue weighted by Gasteiger charge is 2.19. The van der Waals surface area contributed by atoms with E-state index in [1.165, 1.54) is 12.1 Å². The molecule has 5 nitrogen and oxygen atoms in total. The largest absolute Gasteiger partial charge is 0.435 e. The molecule has 3 rings (SSSR count). The summed E-state index contributed by atoms with van der Waals surface area (Å²) in [6.45, 7) is 1.55. The summed E-state index contributed by atoms with van der Waals surface area (Å²) in [4.78, 5) is 12.8. The normalized spacial score (nSPS) is 12.0. The van der Waals surface area contributed by atoms with Crippen LogP contribution >= 0.6 is 0 Å².